The predicted molar refractivity (Wildman–Crippen MR) is 52.6 cm³/mol. The van der Waals surface area contributed by atoms with Crippen LogP contribution in [0.3, 0.4) is 0 Å². The molecule has 0 aliphatic rings. The molecule has 0 bridgehead atoms. The predicted octanol–water partition coefficient (Wildman–Crippen LogP) is 3.09. The summed E-state index contributed by atoms with van der Waals surface area (Å²) in [5.74, 6) is -0.270. The van der Waals surface area contributed by atoms with E-state index in [1.807, 2.05) is 6.07 Å². The van der Waals surface area contributed by atoms with E-state index in [9.17, 15) is 10.1 Å². The molecule has 0 fully saturated rings. The van der Waals surface area contributed by atoms with Crippen molar-refractivity contribution >= 4 is 27.8 Å². The lowest BCUT2D eigenvalue weighted by atomic mass is 10.2. The molecule has 0 N–H and O–H groups in total. The summed E-state index contributed by atoms with van der Waals surface area (Å²) in [5, 5.41) is 12.1. The Bertz CT molecular complexity index is 664. The van der Waals surface area contributed by atoms with Crippen molar-refractivity contribution in [2.45, 2.75) is 0 Å². The highest BCUT2D eigenvalue weighted by molar-refractivity contribution is 6.01. The molecule has 0 saturated carbocycles. The van der Waals surface area contributed by atoms with Crippen LogP contribution in [0.4, 0.5) is 5.88 Å². The molecule has 0 radical (unpaired) electrons. The molecular weight excluding hydrogens is 198 g/mol. The number of benzene rings is 1. The third-order valence-corrected chi connectivity index (χ3v) is 2.27. The zero-order chi connectivity index (χ0) is 10.4. The molecule has 0 saturated heterocycles. The van der Waals surface area contributed by atoms with E-state index in [0.29, 0.717) is 16.6 Å². The van der Waals surface area contributed by atoms with Crippen molar-refractivity contribution in [1.82, 2.24) is 0 Å². The molecule has 15 heavy (non-hydrogen) atoms. The van der Waals surface area contributed by atoms with E-state index >= 15 is 0 Å². The fraction of sp³-hybridized carbons (Fsp3) is 0. The van der Waals surface area contributed by atoms with Crippen LogP contribution < -0.4 is 0 Å². The first-order valence-electron chi connectivity index (χ1n) is 4.30. The molecule has 5 heteroatoms. The van der Waals surface area contributed by atoms with Crippen molar-refractivity contribution in [2.75, 3.05) is 0 Å². The van der Waals surface area contributed by atoms with Gasteiger partial charge in [-0.05, 0) is 12.1 Å². The molecule has 0 amide bonds. The van der Waals surface area contributed by atoms with E-state index in [1.165, 1.54) is 12.3 Å². The summed E-state index contributed by atoms with van der Waals surface area (Å²) in [6.45, 7) is 0. The smallest absolute Gasteiger partial charge is 0.434 e. The van der Waals surface area contributed by atoms with Crippen molar-refractivity contribution in [2.24, 2.45) is 0 Å². The number of hydrogen-bond donors (Lipinski definition) is 0. The molecular formula is C10H5NO4. The minimum absolute atomic E-state index is 0.270. The number of nitro groups is 1. The second kappa shape index (κ2) is 2.60. The summed E-state index contributed by atoms with van der Waals surface area (Å²) in [6, 6.07) is 6.77. The zero-order valence-corrected chi connectivity index (χ0v) is 7.47. The van der Waals surface area contributed by atoms with Gasteiger partial charge in [0.25, 0.3) is 0 Å². The van der Waals surface area contributed by atoms with Crippen LogP contribution in [-0.4, -0.2) is 4.92 Å². The normalized spacial score (nSPS) is 11.2. The number of hydrogen-bond acceptors (Lipinski definition) is 4. The van der Waals surface area contributed by atoms with Gasteiger partial charge in [0.1, 0.15) is 4.92 Å². The number of furan rings is 2. The summed E-state index contributed by atoms with van der Waals surface area (Å²) in [7, 11) is 0. The zero-order valence-electron chi connectivity index (χ0n) is 7.47. The van der Waals surface area contributed by atoms with E-state index in [4.69, 9.17) is 8.83 Å². The Hall–Kier alpha value is -2.30. The molecule has 2 heterocycles. The van der Waals surface area contributed by atoms with E-state index in [-0.39, 0.29) is 5.88 Å². The molecule has 3 rings (SSSR count). The van der Waals surface area contributed by atoms with Crippen LogP contribution in [0.1, 0.15) is 0 Å². The summed E-state index contributed by atoms with van der Waals surface area (Å²) in [4.78, 5) is 9.97. The highest BCUT2D eigenvalue weighted by atomic mass is 16.6. The van der Waals surface area contributed by atoms with Crippen molar-refractivity contribution in [3.05, 3.63) is 40.6 Å². The van der Waals surface area contributed by atoms with Gasteiger partial charge in [0, 0.05) is 10.8 Å². The highest BCUT2D eigenvalue weighted by Crippen LogP contribution is 2.31. The lowest BCUT2D eigenvalue weighted by Crippen LogP contribution is -1.82. The topological polar surface area (TPSA) is 69.4 Å². The lowest BCUT2D eigenvalue weighted by molar-refractivity contribution is -0.401. The first-order valence-corrected chi connectivity index (χ1v) is 4.30. The van der Waals surface area contributed by atoms with E-state index in [1.54, 1.807) is 12.1 Å². The summed E-state index contributed by atoms with van der Waals surface area (Å²) in [6.07, 6.45) is 1.53. The average molecular weight is 203 g/mol. The monoisotopic (exact) mass is 203 g/mol. The Morgan fingerprint density at radius 3 is 2.73 bits per heavy atom. The van der Waals surface area contributed by atoms with Crippen LogP contribution in [0.15, 0.2) is 39.4 Å². The van der Waals surface area contributed by atoms with Crippen LogP contribution in [0.2, 0.25) is 0 Å². The number of rotatable bonds is 1. The maximum atomic E-state index is 10.5. The molecule has 1 aromatic carbocycles. The van der Waals surface area contributed by atoms with Gasteiger partial charge in [0.15, 0.2) is 11.2 Å². The molecule has 2 aromatic heterocycles. The molecule has 0 unspecified atom stereocenters. The second-order valence-electron chi connectivity index (χ2n) is 3.16. The quantitative estimate of drug-likeness (QED) is 0.450. The summed E-state index contributed by atoms with van der Waals surface area (Å²) in [5.41, 5.74) is 0.963. The van der Waals surface area contributed by atoms with Crippen molar-refractivity contribution in [3.8, 4) is 0 Å². The van der Waals surface area contributed by atoms with Gasteiger partial charge >= 0.3 is 5.88 Å². The molecule has 74 valence electrons. The van der Waals surface area contributed by atoms with Gasteiger partial charge in [-0.2, -0.15) is 0 Å². The molecule has 0 spiro atoms. The van der Waals surface area contributed by atoms with Gasteiger partial charge in [0.05, 0.1) is 12.3 Å². The van der Waals surface area contributed by atoms with Crippen LogP contribution in [0.5, 0.6) is 0 Å². The van der Waals surface area contributed by atoms with Gasteiger partial charge in [-0.15, -0.1) is 0 Å². The third-order valence-electron chi connectivity index (χ3n) is 2.27. The fourth-order valence-corrected chi connectivity index (χ4v) is 1.60. The molecule has 0 atom stereocenters. The van der Waals surface area contributed by atoms with E-state index < -0.39 is 4.92 Å². The summed E-state index contributed by atoms with van der Waals surface area (Å²) >= 11 is 0. The number of nitrogens with zero attached hydrogens (tertiary/aromatic N) is 1. The second-order valence-corrected chi connectivity index (χ2v) is 3.16. The minimum atomic E-state index is -0.561. The van der Waals surface area contributed by atoms with Crippen LogP contribution in [0.25, 0.3) is 21.9 Å². The van der Waals surface area contributed by atoms with E-state index in [2.05, 4.69) is 0 Å². The van der Waals surface area contributed by atoms with Gasteiger partial charge in [-0.25, -0.2) is 0 Å². The number of fused-ring (bicyclic) bond motifs is 3. The Morgan fingerprint density at radius 2 is 1.93 bits per heavy atom. The van der Waals surface area contributed by atoms with Crippen molar-refractivity contribution < 1.29 is 13.8 Å². The Labute approximate surface area is 83.0 Å². The molecule has 0 aliphatic carbocycles. The van der Waals surface area contributed by atoms with Gasteiger partial charge in [0.2, 0.25) is 0 Å². The highest BCUT2D eigenvalue weighted by Gasteiger charge is 2.16. The van der Waals surface area contributed by atoms with Crippen LogP contribution in [0, 0.1) is 10.1 Å². The minimum Gasteiger partial charge on any atom is -0.460 e. The standard InChI is InChI=1S/C10H5NO4/c12-11(13)8-5-7-2-1-6-3-4-14-9(6)10(7)15-8/h1-5H. The first kappa shape index (κ1) is 8.05. The molecule has 0 aliphatic heterocycles. The lowest BCUT2D eigenvalue weighted by Gasteiger charge is -1.87. The average Bonchev–Trinajstić information content (AvgIpc) is 2.82. The van der Waals surface area contributed by atoms with Gasteiger partial charge < -0.3 is 8.83 Å². The Balaban J connectivity index is 2.46. The summed E-state index contributed by atoms with van der Waals surface area (Å²) < 4.78 is 10.3. The maximum Gasteiger partial charge on any atom is 0.434 e. The van der Waals surface area contributed by atoms with Gasteiger partial charge in [-0.1, -0.05) is 6.07 Å². The van der Waals surface area contributed by atoms with Gasteiger partial charge in [-0.3, -0.25) is 10.1 Å². The Morgan fingerprint density at radius 1 is 1.13 bits per heavy atom. The third kappa shape index (κ3) is 1.03. The largest absolute Gasteiger partial charge is 0.460 e. The van der Waals surface area contributed by atoms with Crippen molar-refractivity contribution in [3.63, 3.8) is 0 Å². The van der Waals surface area contributed by atoms with Crippen LogP contribution in [-0.2, 0) is 0 Å². The fourth-order valence-electron chi connectivity index (χ4n) is 1.60. The molecule has 3 aromatic rings. The first-order chi connectivity index (χ1) is 7.25. The van der Waals surface area contributed by atoms with E-state index in [0.717, 1.165) is 5.39 Å². The van der Waals surface area contributed by atoms with Crippen LogP contribution >= 0.6 is 0 Å². The maximum absolute atomic E-state index is 10.5. The molecule has 5 nitrogen and oxygen atoms in total. The van der Waals surface area contributed by atoms with Crippen molar-refractivity contribution in [1.29, 1.82) is 0 Å². The Kier molecular flexibility index (Phi) is 1.39. The SMILES string of the molecule is O=[N+]([O-])c1cc2ccc3ccoc3c2o1.